The Kier molecular flexibility index (Phi) is 4.70. The van der Waals surface area contributed by atoms with Gasteiger partial charge in [0.25, 0.3) is 0 Å². The van der Waals surface area contributed by atoms with E-state index < -0.39 is 39.9 Å². The molecule has 7 heteroatoms. The van der Waals surface area contributed by atoms with Crippen LogP contribution in [0.2, 0.25) is 0 Å². The maximum Gasteiger partial charge on any atom is 0.310 e. The Labute approximate surface area is 131 Å². The minimum Gasteiger partial charge on any atom is -0.469 e. The zero-order chi connectivity index (χ0) is 16.5. The fraction of sp³-hybridized carbons (Fsp3) is 0.400. The number of methoxy groups -OCH3 is 1. The highest BCUT2D eigenvalue weighted by Crippen LogP contribution is 2.44. The number of hydrogen-bond acceptors (Lipinski definition) is 3. The molecule has 0 amide bonds. The molecule has 1 heterocycles. The van der Waals surface area contributed by atoms with Gasteiger partial charge in [0.05, 0.1) is 19.1 Å². The van der Waals surface area contributed by atoms with Gasteiger partial charge >= 0.3 is 5.97 Å². The lowest BCUT2D eigenvalue weighted by Crippen LogP contribution is -2.49. The second-order valence-electron chi connectivity index (χ2n) is 5.27. The minimum absolute atomic E-state index is 0.0514. The van der Waals surface area contributed by atoms with Gasteiger partial charge in [0.2, 0.25) is 0 Å². The van der Waals surface area contributed by atoms with Gasteiger partial charge in [-0.25, -0.2) is 13.2 Å². The monoisotopic (exact) mass is 333 g/mol. The second kappa shape index (κ2) is 6.20. The molecule has 0 bridgehead atoms. The number of carbonyl (C=O) groups excluding carboxylic acids is 1. The van der Waals surface area contributed by atoms with Gasteiger partial charge in [0, 0.05) is 5.92 Å². The van der Waals surface area contributed by atoms with E-state index in [1.54, 1.807) is 0 Å². The molecule has 0 aromatic carbocycles. The van der Waals surface area contributed by atoms with Crippen LogP contribution in [0.25, 0.3) is 0 Å². The zero-order valence-electron chi connectivity index (χ0n) is 12.1. The van der Waals surface area contributed by atoms with E-state index in [4.69, 9.17) is 11.6 Å². The molecule has 0 fully saturated rings. The molecule has 120 valence electrons. The molecule has 0 spiro atoms. The van der Waals surface area contributed by atoms with Gasteiger partial charge in [-0.15, -0.1) is 0 Å². The smallest absolute Gasteiger partial charge is 0.310 e. The highest BCUT2D eigenvalue weighted by molar-refractivity contribution is 6.32. The molecule has 2 aliphatic rings. The molecule has 0 aromatic heterocycles. The molecule has 1 aliphatic carbocycles. The van der Waals surface area contributed by atoms with E-state index in [-0.39, 0.29) is 18.4 Å². The van der Waals surface area contributed by atoms with Crippen LogP contribution in [0.3, 0.4) is 0 Å². The quantitative estimate of drug-likeness (QED) is 0.795. The molecule has 1 N–H and O–H groups in total. The molecular formula is C15H15ClF3NO2. The van der Waals surface area contributed by atoms with Crippen molar-refractivity contribution in [3.8, 4) is 0 Å². The number of dihydropyridines is 1. The maximum atomic E-state index is 14.8. The first kappa shape index (κ1) is 16.7. The summed E-state index contributed by atoms with van der Waals surface area (Å²) in [6.07, 6.45) is 3.61. The van der Waals surface area contributed by atoms with Crippen LogP contribution in [-0.4, -0.2) is 18.6 Å². The molecule has 0 saturated heterocycles. The van der Waals surface area contributed by atoms with Gasteiger partial charge in [-0.1, -0.05) is 11.6 Å². The summed E-state index contributed by atoms with van der Waals surface area (Å²) in [4.78, 5) is 11.3. The van der Waals surface area contributed by atoms with Crippen LogP contribution < -0.4 is 5.32 Å². The summed E-state index contributed by atoms with van der Waals surface area (Å²) in [5, 5.41) is 2.11. The molecule has 22 heavy (non-hydrogen) atoms. The van der Waals surface area contributed by atoms with Crippen molar-refractivity contribution in [2.45, 2.75) is 25.3 Å². The minimum atomic E-state index is -1.46. The summed E-state index contributed by atoms with van der Waals surface area (Å²) in [5.41, 5.74) is -1.37. The lowest BCUT2D eigenvalue weighted by Gasteiger charge is -2.39. The van der Waals surface area contributed by atoms with Crippen molar-refractivity contribution in [2.24, 2.45) is 5.92 Å². The predicted octanol–water partition coefficient (Wildman–Crippen LogP) is 3.94. The summed E-state index contributed by atoms with van der Waals surface area (Å²) in [5.74, 6) is -4.09. The molecule has 3 nitrogen and oxygen atoms in total. The van der Waals surface area contributed by atoms with Crippen molar-refractivity contribution in [1.82, 2.24) is 5.32 Å². The van der Waals surface area contributed by atoms with E-state index >= 15 is 0 Å². The Morgan fingerprint density at radius 2 is 2.18 bits per heavy atom. The van der Waals surface area contributed by atoms with E-state index in [1.165, 1.54) is 26.3 Å². The summed E-state index contributed by atoms with van der Waals surface area (Å²) < 4.78 is 46.9. The van der Waals surface area contributed by atoms with Crippen LogP contribution in [0, 0.1) is 5.92 Å². The van der Waals surface area contributed by atoms with Crippen LogP contribution in [-0.2, 0) is 9.53 Å². The van der Waals surface area contributed by atoms with Crippen LogP contribution >= 0.6 is 11.6 Å². The van der Waals surface area contributed by atoms with Crippen LogP contribution in [0.1, 0.15) is 19.8 Å². The highest BCUT2D eigenvalue weighted by Gasteiger charge is 2.45. The van der Waals surface area contributed by atoms with Crippen LogP contribution in [0.5, 0.6) is 0 Å². The topological polar surface area (TPSA) is 38.3 Å². The normalized spacial score (nSPS) is 28.5. The van der Waals surface area contributed by atoms with Crippen molar-refractivity contribution >= 4 is 17.6 Å². The van der Waals surface area contributed by atoms with Gasteiger partial charge < -0.3 is 10.1 Å². The Morgan fingerprint density at radius 3 is 2.82 bits per heavy atom. The Hall–Kier alpha value is -1.69. The number of halogens is 4. The average molecular weight is 334 g/mol. The van der Waals surface area contributed by atoms with Gasteiger partial charge in [0.1, 0.15) is 22.5 Å². The first-order valence-corrected chi connectivity index (χ1v) is 7.00. The molecule has 1 aliphatic heterocycles. The SMILES string of the molecule is COC(=O)CC1=C(F)C(C)(C2CC=C(F)C(Cl)=C2F)NC=C1. The largest absolute Gasteiger partial charge is 0.469 e. The number of rotatable bonds is 3. The average Bonchev–Trinajstić information content (AvgIpc) is 2.49. The summed E-state index contributed by atoms with van der Waals surface area (Å²) in [6, 6.07) is 0. The Bertz CT molecular complexity index is 624. The number of esters is 1. The third kappa shape index (κ3) is 2.79. The van der Waals surface area contributed by atoms with Crippen LogP contribution in [0.15, 0.2) is 46.4 Å². The molecule has 0 aromatic rings. The number of allylic oxidation sites excluding steroid dienone is 4. The lowest BCUT2D eigenvalue weighted by atomic mass is 9.76. The van der Waals surface area contributed by atoms with Crippen molar-refractivity contribution in [1.29, 1.82) is 0 Å². The van der Waals surface area contributed by atoms with E-state index in [1.807, 2.05) is 0 Å². The predicted molar refractivity (Wildman–Crippen MR) is 76.7 cm³/mol. The van der Waals surface area contributed by atoms with Gasteiger partial charge in [0.15, 0.2) is 0 Å². The fourth-order valence-electron chi connectivity index (χ4n) is 2.57. The van der Waals surface area contributed by atoms with Gasteiger partial charge in [-0.05, 0) is 37.3 Å². The standard InChI is InChI=1S/C15H15ClF3NO2/c1-15(9-3-4-10(17)12(16)13(9)18)14(19)8(5-6-20-15)7-11(21)22-2/h4-6,9,20H,3,7H2,1-2H3. The van der Waals surface area contributed by atoms with Crippen LogP contribution in [0.4, 0.5) is 13.2 Å². The molecule has 2 atom stereocenters. The third-order valence-electron chi connectivity index (χ3n) is 3.92. The molecule has 2 unspecified atom stereocenters. The summed E-state index contributed by atoms with van der Waals surface area (Å²) >= 11 is 5.59. The van der Waals surface area contributed by atoms with Crippen molar-refractivity contribution in [3.05, 3.63) is 46.4 Å². The third-order valence-corrected chi connectivity index (χ3v) is 4.28. The first-order valence-electron chi connectivity index (χ1n) is 6.62. The van der Waals surface area contributed by atoms with Crippen molar-refractivity contribution in [2.75, 3.05) is 7.11 Å². The fourth-order valence-corrected chi connectivity index (χ4v) is 2.78. The number of ether oxygens (including phenoxy) is 1. The summed E-state index contributed by atoms with van der Waals surface area (Å²) in [6.45, 7) is 1.44. The first-order chi connectivity index (χ1) is 10.3. The van der Waals surface area contributed by atoms with Crippen molar-refractivity contribution in [3.63, 3.8) is 0 Å². The summed E-state index contributed by atoms with van der Waals surface area (Å²) in [7, 11) is 1.20. The van der Waals surface area contributed by atoms with Crippen molar-refractivity contribution < 1.29 is 22.7 Å². The highest BCUT2D eigenvalue weighted by atomic mass is 35.5. The molecular weight excluding hydrogens is 319 g/mol. The van der Waals surface area contributed by atoms with E-state index in [2.05, 4.69) is 10.1 Å². The second-order valence-corrected chi connectivity index (χ2v) is 5.65. The number of carbonyl (C=O) groups is 1. The Morgan fingerprint density at radius 1 is 1.50 bits per heavy atom. The zero-order valence-corrected chi connectivity index (χ0v) is 12.8. The van der Waals surface area contributed by atoms with E-state index in [0.717, 1.165) is 6.08 Å². The Balaban J connectivity index is 2.38. The van der Waals surface area contributed by atoms with E-state index in [0.29, 0.717) is 0 Å². The van der Waals surface area contributed by atoms with E-state index in [9.17, 15) is 18.0 Å². The van der Waals surface area contributed by atoms with Gasteiger partial charge in [-0.3, -0.25) is 4.79 Å². The molecule has 2 rings (SSSR count). The lowest BCUT2D eigenvalue weighted by molar-refractivity contribution is -0.139. The van der Waals surface area contributed by atoms with Gasteiger partial charge in [-0.2, -0.15) is 0 Å². The molecule has 0 saturated carbocycles. The number of hydrogen-bond donors (Lipinski definition) is 1. The molecule has 0 radical (unpaired) electrons. The number of nitrogens with one attached hydrogen (secondary N) is 1. The maximum absolute atomic E-state index is 14.8.